The summed E-state index contributed by atoms with van der Waals surface area (Å²) < 4.78 is 16.3. The van der Waals surface area contributed by atoms with E-state index in [4.69, 9.17) is 13.7 Å². The number of morpholine rings is 1. The number of hydrogen-bond donors (Lipinski definition) is 0. The molecule has 0 bridgehead atoms. The molecule has 2 saturated heterocycles. The number of furan rings is 1. The minimum absolute atomic E-state index is 0.0955. The lowest BCUT2D eigenvalue weighted by molar-refractivity contribution is -0.0548. The molecule has 0 unspecified atom stereocenters. The zero-order valence-corrected chi connectivity index (χ0v) is 10.5. The number of nitrogens with zero attached hydrogens (tertiary/aromatic N) is 3. The summed E-state index contributed by atoms with van der Waals surface area (Å²) in [5.74, 6) is 1.61. The van der Waals surface area contributed by atoms with E-state index in [2.05, 4.69) is 15.0 Å². The maximum absolute atomic E-state index is 5.85. The highest BCUT2D eigenvalue weighted by molar-refractivity contribution is 5.42. The van der Waals surface area contributed by atoms with Crippen molar-refractivity contribution in [3.05, 3.63) is 24.2 Å². The van der Waals surface area contributed by atoms with Crippen LogP contribution in [0.4, 0.5) is 0 Å². The first-order valence-electron chi connectivity index (χ1n) is 6.63. The summed E-state index contributed by atoms with van der Waals surface area (Å²) in [5, 5.41) is 4.01. The maximum Gasteiger partial charge on any atom is 0.293 e. The molecule has 2 aromatic heterocycles. The van der Waals surface area contributed by atoms with Crippen LogP contribution in [-0.4, -0.2) is 40.8 Å². The van der Waals surface area contributed by atoms with Crippen molar-refractivity contribution in [3.63, 3.8) is 0 Å². The lowest BCUT2D eigenvalue weighted by atomic mass is 10.2. The smallest absolute Gasteiger partial charge is 0.293 e. The van der Waals surface area contributed by atoms with Crippen molar-refractivity contribution in [1.82, 2.24) is 15.0 Å². The Bertz CT molecular complexity index is 551. The second-order valence-corrected chi connectivity index (χ2v) is 5.05. The van der Waals surface area contributed by atoms with Gasteiger partial charge in [0.25, 0.3) is 5.89 Å². The molecule has 2 aliphatic heterocycles. The van der Waals surface area contributed by atoms with Crippen molar-refractivity contribution < 1.29 is 13.7 Å². The number of rotatable bonds is 2. The fraction of sp³-hybridized carbons (Fsp3) is 0.538. The molecule has 2 atom stereocenters. The van der Waals surface area contributed by atoms with Gasteiger partial charge in [0, 0.05) is 12.6 Å². The fourth-order valence-corrected chi connectivity index (χ4v) is 2.84. The first-order valence-corrected chi connectivity index (χ1v) is 6.63. The molecule has 19 heavy (non-hydrogen) atoms. The van der Waals surface area contributed by atoms with E-state index in [1.807, 2.05) is 0 Å². The molecule has 4 heterocycles. The quantitative estimate of drug-likeness (QED) is 0.822. The maximum atomic E-state index is 5.85. The van der Waals surface area contributed by atoms with Crippen molar-refractivity contribution in [2.24, 2.45) is 0 Å². The van der Waals surface area contributed by atoms with Gasteiger partial charge < -0.3 is 13.7 Å². The molecule has 0 amide bonds. The number of ether oxygens (including phenoxy) is 1. The summed E-state index contributed by atoms with van der Waals surface area (Å²) in [6.07, 6.45) is 3.98. The van der Waals surface area contributed by atoms with E-state index >= 15 is 0 Å². The third-order valence-electron chi connectivity index (χ3n) is 3.85. The van der Waals surface area contributed by atoms with Crippen molar-refractivity contribution >= 4 is 0 Å². The van der Waals surface area contributed by atoms with Crippen molar-refractivity contribution in [1.29, 1.82) is 0 Å². The lowest BCUT2D eigenvalue weighted by Crippen LogP contribution is -2.42. The Balaban J connectivity index is 1.53. The molecule has 2 fully saturated rings. The van der Waals surface area contributed by atoms with Gasteiger partial charge in [0.1, 0.15) is 6.10 Å². The summed E-state index contributed by atoms with van der Waals surface area (Å²) in [4.78, 5) is 6.82. The Hall–Kier alpha value is -1.66. The first kappa shape index (κ1) is 11.2. The molecule has 6 nitrogen and oxygen atoms in total. The molecule has 2 aromatic rings. The van der Waals surface area contributed by atoms with Crippen LogP contribution in [0.25, 0.3) is 11.7 Å². The summed E-state index contributed by atoms with van der Waals surface area (Å²) in [5.41, 5.74) is 0. The number of fused-ring (bicyclic) bond motifs is 1. The molecule has 100 valence electrons. The van der Waals surface area contributed by atoms with Gasteiger partial charge in [0.2, 0.25) is 5.82 Å². The second kappa shape index (κ2) is 4.47. The van der Waals surface area contributed by atoms with Crippen molar-refractivity contribution in [2.45, 2.75) is 25.0 Å². The van der Waals surface area contributed by atoms with Crippen LogP contribution in [0.2, 0.25) is 0 Å². The largest absolute Gasteiger partial charge is 0.459 e. The normalized spacial score (nSPS) is 27.6. The Kier molecular flexibility index (Phi) is 2.63. The van der Waals surface area contributed by atoms with E-state index in [1.165, 1.54) is 12.8 Å². The molecule has 0 saturated carbocycles. The van der Waals surface area contributed by atoms with E-state index in [9.17, 15) is 0 Å². The van der Waals surface area contributed by atoms with Crippen molar-refractivity contribution in [3.8, 4) is 11.7 Å². The highest BCUT2D eigenvalue weighted by Crippen LogP contribution is 2.29. The van der Waals surface area contributed by atoms with Crippen LogP contribution in [0.5, 0.6) is 0 Å². The Morgan fingerprint density at radius 2 is 2.37 bits per heavy atom. The summed E-state index contributed by atoms with van der Waals surface area (Å²) in [6.45, 7) is 2.75. The van der Waals surface area contributed by atoms with Crippen LogP contribution in [0.1, 0.15) is 24.8 Å². The van der Waals surface area contributed by atoms with Gasteiger partial charge >= 0.3 is 0 Å². The van der Waals surface area contributed by atoms with Gasteiger partial charge in [-0.3, -0.25) is 4.90 Å². The van der Waals surface area contributed by atoms with Gasteiger partial charge in [0.15, 0.2) is 5.76 Å². The van der Waals surface area contributed by atoms with E-state index in [1.54, 1.807) is 18.4 Å². The standard InChI is InChI=1S/C13H15N3O3/c1-3-9-8-18-11(7-16(9)5-1)12-14-13(19-15-12)10-4-2-6-17-10/h2,4,6,9,11H,1,3,5,7-8H2/t9-,11+/m0/s1. The molecule has 0 N–H and O–H groups in total. The minimum atomic E-state index is -0.0955. The van der Waals surface area contributed by atoms with Crippen LogP contribution in [0.15, 0.2) is 27.3 Å². The monoisotopic (exact) mass is 261 g/mol. The Labute approximate surface area is 110 Å². The summed E-state index contributed by atoms with van der Waals surface area (Å²) in [6, 6.07) is 4.17. The molecular formula is C13H15N3O3. The third-order valence-corrected chi connectivity index (χ3v) is 3.85. The molecular weight excluding hydrogens is 246 g/mol. The fourth-order valence-electron chi connectivity index (χ4n) is 2.84. The van der Waals surface area contributed by atoms with Crippen LogP contribution in [0.3, 0.4) is 0 Å². The Morgan fingerprint density at radius 1 is 1.37 bits per heavy atom. The van der Waals surface area contributed by atoms with Crippen LogP contribution < -0.4 is 0 Å². The van der Waals surface area contributed by atoms with Gasteiger partial charge in [-0.1, -0.05) is 5.16 Å². The molecule has 4 rings (SSSR count). The van der Waals surface area contributed by atoms with E-state index in [-0.39, 0.29) is 6.10 Å². The molecule has 2 aliphatic rings. The minimum Gasteiger partial charge on any atom is -0.459 e. The molecule has 0 aromatic carbocycles. The lowest BCUT2D eigenvalue weighted by Gasteiger charge is -2.33. The first-order chi connectivity index (χ1) is 9.40. The SMILES string of the molecule is c1coc(-c2nc([C@H]3CN4CCC[C@H]4CO3)no2)c1. The average Bonchev–Trinajstić information content (AvgIpc) is 3.18. The van der Waals surface area contributed by atoms with Crippen LogP contribution in [-0.2, 0) is 4.74 Å². The predicted octanol–water partition coefficient (Wildman–Crippen LogP) is 1.87. The van der Waals surface area contributed by atoms with Gasteiger partial charge in [0.05, 0.1) is 12.9 Å². The van der Waals surface area contributed by atoms with Gasteiger partial charge in [-0.05, 0) is 31.5 Å². The van der Waals surface area contributed by atoms with Crippen LogP contribution in [0, 0.1) is 0 Å². The third kappa shape index (κ3) is 1.97. The predicted molar refractivity (Wildman–Crippen MR) is 65.3 cm³/mol. The summed E-state index contributed by atoms with van der Waals surface area (Å²) in [7, 11) is 0. The van der Waals surface area contributed by atoms with E-state index in [0.29, 0.717) is 23.5 Å². The highest BCUT2D eigenvalue weighted by Gasteiger charge is 2.35. The second-order valence-electron chi connectivity index (χ2n) is 5.05. The molecule has 0 radical (unpaired) electrons. The zero-order chi connectivity index (χ0) is 12.7. The van der Waals surface area contributed by atoms with Gasteiger partial charge in [-0.2, -0.15) is 4.98 Å². The average molecular weight is 261 g/mol. The topological polar surface area (TPSA) is 64.5 Å². The molecule has 6 heteroatoms. The van der Waals surface area contributed by atoms with Gasteiger partial charge in [-0.25, -0.2) is 0 Å². The summed E-state index contributed by atoms with van der Waals surface area (Å²) >= 11 is 0. The molecule has 0 spiro atoms. The van der Waals surface area contributed by atoms with E-state index < -0.39 is 0 Å². The zero-order valence-electron chi connectivity index (χ0n) is 10.5. The van der Waals surface area contributed by atoms with Gasteiger partial charge in [-0.15, -0.1) is 0 Å². The molecule has 0 aliphatic carbocycles. The van der Waals surface area contributed by atoms with E-state index in [0.717, 1.165) is 19.7 Å². The van der Waals surface area contributed by atoms with Crippen LogP contribution >= 0.6 is 0 Å². The number of aromatic nitrogens is 2. The van der Waals surface area contributed by atoms with Crippen molar-refractivity contribution in [2.75, 3.05) is 19.7 Å². The highest BCUT2D eigenvalue weighted by atomic mass is 16.5. The Morgan fingerprint density at radius 3 is 3.26 bits per heavy atom. The number of hydrogen-bond acceptors (Lipinski definition) is 6.